The Morgan fingerprint density at radius 3 is 2.30 bits per heavy atom. The maximum Gasteiger partial charge on any atom is 0.0167 e. The average Bonchev–Trinajstić information content (AvgIpc) is 2.83. The summed E-state index contributed by atoms with van der Waals surface area (Å²) >= 11 is 6.98. The summed E-state index contributed by atoms with van der Waals surface area (Å²) in [5.41, 5.74) is 5.93. The molecule has 3 rings (SSSR count). The van der Waals surface area contributed by atoms with Crippen molar-refractivity contribution in [2.45, 2.75) is 81.8 Å². The molecule has 0 amide bonds. The summed E-state index contributed by atoms with van der Waals surface area (Å²) in [6.07, 6.45) is 4.14. The Bertz CT molecular complexity index is 505. The van der Waals surface area contributed by atoms with Crippen molar-refractivity contribution in [3.8, 4) is 0 Å². The second-order valence-corrected chi connectivity index (χ2v) is 7.84. The fraction of sp³-hybridized carbons (Fsp3) is 0.667. The molecule has 1 fully saturated rings. The van der Waals surface area contributed by atoms with Crippen LogP contribution in [0.3, 0.4) is 0 Å². The van der Waals surface area contributed by atoms with Crippen molar-refractivity contribution in [2.24, 2.45) is 5.92 Å². The van der Waals surface area contributed by atoms with Gasteiger partial charge in [0.2, 0.25) is 0 Å². The highest BCUT2D eigenvalue weighted by Crippen LogP contribution is 2.56. The van der Waals surface area contributed by atoms with Crippen LogP contribution in [0.5, 0.6) is 0 Å². The Morgan fingerprint density at radius 1 is 1.00 bits per heavy atom. The van der Waals surface area contributed by atoms with Gasteiger partial charge < -0.3 is 0 Å². The van der Waals surface area contributed by atoms with E-state index in [1.54, 1.807) is 10.5 Å². The van der Waals surface area contributed by atoms with E-state index in [-0.39, 0.29) is 0 Å². The number of fused-ring (bicyclic) bond motifs is 3. The molecule has 0 saturated heterocycles. The van der Waals surface area contributed by atoms with Gasteiger partial charge in [0.1, 0.15) is 0 Å². The summed E-state index contributed by atoms with van der Waals surface area (Å²) in [7, 11) is 0. The van der Waals surface area contributed by atoms with Crippen molar-refractivity contribution in [1.29, 1.82) is 0 Å². The molecule has 112 valence electrons. The Hall–Kier alpha value is -0.0800. The normalized spacial score (nSPS) is 27.4. The van der Waals surface area contributed by atoms with Crippen LogP contribution in [0.1, 0.15) is 68.2 Å². The van der Waals surface area contributed by atoms with Crippen LogP contribution >= 0.6 is 24.4 Å². The van der Waals surface area contributed by atoms with Crippen molar-refractivity contribution in [3.05, 3.63) is 22.3 Å². The maximum atomic E-state index is 4.84. The van der Waals surface area contributed by atoms with Gasteiger partial charge in [0.25, 0.3) is 0 Å². The first-order valence-electron chi connectivity index (χ1n) is 8.00. The zero-order chi connectivity index (χ0) is 15.0. The van der Waals surface area contributed by atoms with Crippen molar-refractivity contribution in [1.82, 2.24) is 0 Å². The van der Waals surface area contributed by atoms with E-state index in [1.807, 2.05) is 13.8 Å². The van der Waals surface area contributed by atoms with Gasteiger partial charge in [-0.25, -0.2) is 0 Å². The molecule has 1 aliphatic carbocycles. The third kappa shape index (κ3) is 2.54. The Kier molecular flexibility index (Phi) is 5.18. The third-order valence-electron chi connectivity index (χ3n) is 5.01. The van der Waals surface area contributed by atoms with Crippen LogP contribution in [0.25, 0.3) is 0 Å². The van der Waals surface area contributed by atoms with Gasteiger partial charge in [-0.1, -0.05) is 27.2 Å². The quantitative estimate of drug-likeness (QED) is 0.548. The predicted molar refractivity (Wildman–Crippen MR) is 94.7 cm³/mol. The summed E-state index contributed by atoms with van der Waals surface area (Å²) in [6, 6.07) is 0. The molecule has 1 aromatic carbocycles. The molecule has 2 aliphatic rings. The molecule has 1 saturated carbocycles. The van der Waals surface area contributed by atoms with E-state index < -0.39 is 0 Å². The van der Waals surface area contributed by atoms with E-state index in [4.69, 9.17) is 12.6 Å². The predicted octanol–water partition coefficient (Wildman–Crippen LogP) is 6.30. The number of benzene rings is 1. The van der Waals surface area contributed by atoms with Crippen molar-refractivity contribution in [2.75, 3.05) is 0 Å². The fourth-order valence-corrected chi connectivity index (χ4v) is 5.97. The van der Waals surface area contributed by atoms with Gasteiger partial charge in [-0.3, -0.25) is 0 Å². The van der Waals surface area contributed by atoms with Gasteiger partial charge in [-0.2, -0.15) is 0 Å². The van der Waals surface area contributed by atoms with Gasteiger partial charge in [0.15, 0.2) is 0 Å². The summed E-state index contributed by atoms with van der Waals surface area (Å²) in [5, 5.41) is 0.814. The van der Waals surface area contributed by atoms with Crippen molar-refractivity contribution in [3.63, 3.8) is 0 Å². The molecule has 0 N–H and O–H groups in total. The number of rotatable bonds is 0. The molecule has 20 heavy (non-hydrogen) atoms. The molecule has 0 nitrogen and oxygen atoms in total. The molecule has 3 unspecified atom stereocenters. The fourth-order valence-electron chi connectivity index (χ4n) is 3.58. The van der Waals surface area contributed by atoms with Crippen molar-refractivity contribution < 1.29 is 0 Å². The van der Waals surface area contributed by atoms with Gasteiger partial charge in [0, 0.05) is 15.0 Å². The number of hydrogen-bond acceptors (Lipinski definition) is 2. The first-order chi connectivity index (χ1) is 9.50. The minimum atomic E-state index is 0.770. The average molecular weight is 309 g/mol. The van der Waals surface area contributed by atoms with Gasteiger partial charge in [-0.05, 0) is 67.7 Å². The molecule has 1 aromatic rings. The van der Waals surface area contributed by atoms with Crippen LogP contribution in [-0.4, -0.2) is 5.25 Å². The molecular weight excluding hydrogens is 280 g/mol. The highest BCUT2D eigenvalue weighted by Gasteiger charge is 2.39. The molecule has 0 bridgehead atoms. The molecule has 1 heterocycles. The van der Waals surface area contributed by atoms with Gasteiger partial charge in [0.05, 0.1) is 0 Å². The standard InChI is InChI=1S/C16H22S2.C2H6/c1-8-5-6-12-13(7-8)18-16-11(4)9(2)10(3)15(17)14(12)16;1-2/h8,12-13,17H,5-7H2,1-4H3;1-2H3. The van der Waals surface area contributed by atoms with Crippen LogP contribution in [0.4, 0.5) is 0 Å². The summed E-state index contributed by atoms with van der Waals surface area (Å²) in [6.45, 7) is 13.2. The van der Waals surface area contributed by atoms with Gasteiger partial charge in [-0.15, -0.1) is 24.4 Å². The van der Waals surface area contributed by atoms with Gasteiger partial charge >= 0.3 is 0 Å². The highest BCUT2D eigenvalue weighted by molar-refractivity contribution is 8.00. The maximum absolute atomic E-state index is 4.84. The zero-order valence-corrected chi connectivity index (χ0v) is 15.4. The summed E-state index contributed by atoms with van der Waals surface area (Å²) in [4.78, 5) is 2.84. The summed E-state index contributed by atoms with van der Waals surface area (Å²) < 4.78 is 0. The highest BCUT2D eigenvalue weighted by atomic mass is 32.2. The SMILES string of the molecule is CC.Cc1c(C)c(S)c2c(c1C)SC1CC(C)CCC21. The lowest BCUT2D eigenvalue weighted by molar-refractivity contribution is 0.359. The van der Waals surface area contributed by atoms with Crippen LogP contribution in [0, 0.1) is 26.7 Å². The topological polar surface area (TPSA) is 0 Å². The molecule has 0 radical (unpaired) electrons. The lowest BCUT2D eigenvalue weighted by atomic mass is 9.78. The smallest absolute Gasteiger partial charge is 0.0167 e. The molecule has 3 atom stereocenters. The number of thioether (sulfide) groups is 1. The molecular formula is C18H28S2. The van der Waals surface area contributed by atoms with Crippen molar-refractivity contribution >= 4 is 24.4 Å². The van der Waals surface area contributed by atoms with Crippen LogP contribution in [-0.2, 0) is 0 Å². The Morgan fingerprint density at radius 2 is 1.65 bits per heavy atom. The molecule has 2 heteroatoms. The minimum absolute atomic E-state index is 0.770. The van der Waals surface area contributed by atoms with E-state index in [2.05, 4.69) is 39.5 Å². The van der Waals surface area contributed by atoms with Crippen LogP contribution in [0.2, 0.25) is 0 Å². The Balaban J connectivity index is 0.000000704. The third-order valence-corrected chi connectivity index (χ3v) is 7.18. The molecule has 1 aliphatic heterocycles. The first-order valence-corrected chi connectivity index (χ1v) is 9.32. The lowest BCUT2D eigenvalue weighted by Gasteiger charge is -2.30. The van der Waals surface area contributed by atoms with Crippen LogP contribution < -0.4 is 0 Å². The van der Waals surface area contributed by atoms with E-state index in [9.17, 15) is 0 Å². The second kappa shape index (κ2) is 6.36. The summed E-state index contributed by atoms with van der Waals surface area (Å²) in [5.74, 6) is 1.67. The van der Waals surface area contributed by atoms with E-state index in [0.29, 0.717) is 0 Å². The monoisotopic (exact) mass is 308 g/mol. The Labute approximate surface area is 134 Å². The van der Waals surface area contributed by atoms with E-state index in [1.165, 1.54) is 40.8 Å². The lowest BCUT2D eigenvalue weighted by Crippen LogP contribution is -2.21. The number of thiol groups is 1. The number of hydrogen-bond donors (Lipinski definition) is 1. The van der Waals surface area contributed by atoms with E-state index >= 15 is 0 Å². The minimum Gasteiger partial charge on any atom is -0.143 e. The largest absolute Gasteiger partial charge is 0.143 e. The molecule has 0 aromatic heterocycles. The van der Waals surface area contributed by atoms with E-state index in [0.717, 1.165) is 17.1 Å². The second-order valence-electron chi connectivity index (χ2n) is 6.15. The van der Waals surface area contributed by atoms with Crippen LogP contribution in [0.15, 0.2) is 9.79 Å². The zero-order valence-electron chi connectivity index (χ0n) is 13.7. The first kappa shape index (κ1) is 16.3. The molecule has 0 spiro atoms.